The molecule has 2 heterocycles. The van der Waals surface area contributed by atoms with Crippen molar-refractivity contribution in [3.05, 3.63) is 35.5 Å². The van der Waals surface area contributed by atoms with Gasteiger partial charge in [0.25, 0.3) is 0 Å². The van der Waals surface area contributed by atoms with Gasteiger partial charge in [-0.05, 0) is 43.2 Å². The van der Waals surface area contributed by atoms with Crippen LogP contribution >= 0.6 is 11.6 Å². The molecule has 0 saturated carbocycles. The van der Waals surface area contributed by atoms with Crippen LogP contribution in [0.1, 0.15) is 38.5 Å². The van der Waals surface area contributed by atoms with Gasteiger partial charge in [0, 0.05) is 12.0 Å². The zero-order chi connectivity index (χ0) is 22.9. The quantitative estimate of drug-likeness (QED) is 0.276. The molecule has 2 aromatic rings. The SMILES string of the molecule is OC[C@H]1OC(O)[C@H](O)[C@@H](OCCCCCCCCOc2ccc3nc(Cl)ccc3c2)[C@@H]1O. The van der Waals surface area contributed by atoms with Crippen LogP contribution in [0, 0.1) is 0 Å². The van der Waals surface area contributed by atoms with E-state index in [0.717, 1.165) is 55.2 Å². The van der Waals surface area contributed by atoms with Crippen LogP contribution in [0.25, 0.3) is 10.9 Å². The number of nitrogens with zero attached hydrogens (tertiary/aromatic N) is 1. The zero-order valence-electron chi connectivity index (χ0n) is 18.0. The summed E-state index contributed by atoms with van der Waals surface area (Å²) in [6.07, 6.45) is -0.0514. The summed E-state index contributed by atoms with van der Waals surface area (Å²) < 4.78 is 16.3. The smallest absolute Gasteiger partial charge is 0.184 e. The summed E-state index contributed by atoms with van der Waals surface area (Å²) in [5.41, 5.74) is 0.846. The highest BCUT2D eigenvalue weighted by Crippen LogP contribution is 2.23. The third kappa shape index (κ3) is 6.99. The Kier molecular flexibility index (Phi) is 9.92. The maximum absolute atomic E-state index is 10.1. The molecule has 1 aromatic heterocycles. The number of rotatable bonds is 12. The van der Waals surface area contributed by atoms with Crippen LogP contribution in [-0.4, -0.2) is 75.9 Å². The van der Waals surface area contributed by atoms with E-state index in [-0.39, 0.29) is 0 Å². The highest BCUT2D eigenvalue weighted by molar-refractivity contribution is 6.29. The second-order valence-corrected chi connectivity index (χ2v) is 8.41. The number of ether oxygens (including phenoxy) is 3. The van der Waals surface area contributed by atoms with E-state index in [9.17, 15) is 20.4 Å². The van der Waals surface area contributed by atoms with Crippen molar-refractivity contribution in [3.8, 4) is 5.75 Å². The van der Waals surface area contributed by atoms with Crippen molar-refractivity contribution in [2.45, 2.75) is 69.2 Å². The number of aliphatic hydroxyl groups is 4. The lowest BCUT2D eigenvalue weighted by Crippen LogP contribution is -2.59. The van der Waals surface area contributed by atoms with Crippen molar-refractivity contribution in [3.63, 3.8) is 0 Å². The first-order chi connectivity index (χ1) is 15.5. The van der Waals surface area contributed by atoms with Crippen LogP contribution in [0.5, 0.6) is 5.75 Å². The Balaban J connectivity index is 1.23. The highest BCUT2D eigenvalue weighted by Gasteiger charge is 2.44. The van der Waals surface area contributed by atoms with Gasteiger partial charge in [-0.15, -0.1) is 0 Å². The first-order valence-electron chi connectivity index (χ1n) is 11.1. The molecule has 32 heavy (non-hydrogen) atoms. The molecule has 1 unspecified atom stereocenters. The van der Waals surface area contributed by atoms with Gasteiger partial charge < -0.3 is 34.6 Å². The number of aromatic nitrogens is 1. The van der Waals surface area contributed by atoms with E-state index in [1.54, 1.807) is 6.07 Å². The van der Waals surface area contributed by atoms with Gasteiger partial charge in [-0.25, -0.2) is 4.98 Å². The molecule has 3 rings (SSSR count). The monoisotopic (exact) mass is 469 g/mol. The highest BCUT2D eigenvalue weighted by atomic mass is 35.5. The van der Waals surface area contributed by atoms with Crippen molar-refractivity contribution in [2.75, 3.05) is 19.8 Å². The Morgan fingerprint density at radius 2 is 1.62 bits per heavy atom. The fourth-order valence-electron chi connectivity index (χ4n) is 3.75. The Morgan fingerprint density at radius 1 is 0.906 bits per heavy atom. The van der Waals surface area contributed by atoms with Gasteiger partial charge in [-0.3, -0.25) is 0 Å². The van der Waals surface area contributed by atoms with Crippen molar-refractivity contribution >= 4 is 22.5 Å². The van der Waals surface area contributed by atoms with E-state index >= 15 is 0 Å². The number of hydrogen-bond acceptors (Lipinski definition) is 8. The fourth-order valence-corrected chi connectivity index (χ4v) is 3.91. The van der Waals surface area contributed by atoms with Crippen LogP contribution in [-0.2, 0) is 9.47 Å². The molecule has 0 radical (unpaired) electrons. The molecular formula is C23H32ClNO7. The molecule has 178 valence electrons. The molecule has 4 N–H and O–H groups in total. The number of fused-ring (bicyclic) bond motifs is 1. The lowest BCUT2D eigenvalue weighted by atomic mass is 9.99. The van der Waals surface area contributed by atoms with Crippen molar-refractivity contribution in [1.82, 2.24) is 4.98 Å². The molecule has 8 nitrogen and oxygen atoms in total. The summed E-state index contributed by atoms with van der Waals surface area (Å²) in [6.45, 7) is 0.555. The van der Waals surface area contributed by atoms with E-state index in [2.05, 4.69) is 4.98 Å². The molecule has 0 spiro atoms. The van der Waals surface area contributed by atoms with Crippen LogP contribution in [0.3, 0.4) is 0 Å². The third-order valence-electron chi connectivity index (χ3n) is 5.58. The largest absolute Gasteiger partial charge is 0.494 e. The second-order valence-electron chi connectivity index (χ2n) is 8.02. The Morgan fingerprint density at radius 3 is 2.38 bits per heavy atom. The average molecular weight is 470 g/mol. The standard InChI is InChI=1S/C23H32ClNO7/c24-19-10-7-15-13-16(8-9-17(15)25-19)30-11-5-3-1-2-4-6-12-31-22-20(27)18(14-26)32-23(29)21(22)28/h7-10,13,18,20-23,26-29H,1-6,11-12,14H2/t18-,20-,21-,22+,23?/m1/s1. The normalized spacial score (nSPS) is 25.8. The van der Waals surface area contributed by atoms with Gasteiger partial charge in [0.05, 0.1) is 18.7 Å². The van der Waals surface area contributed by atoms with E-state index in [0.29, 0.717) is 18.4 Å². The molecule has 1 aliphatic heterocycles. The minimum absolute atomic E-state index is 0.356. The van der Waals surface area contributed by atoms with E-state index in [1.807, 2.05) is 24.3 Å². The maximum Gasteiger partial charge on any atom is 0.184 e. The molecule has 1 aliphatic rings. The first kappa shape index (κ1) is 25.1. The zero-order valence-corrected chi connectivity index (χ0v) is 18.7. The maximum atomic E-state index is 10.1. The minimum Gasteiger partial charge on any atom is -0.494 e. The second kappa shape index (κ2) is 12.6. The van der Waals surface area contributed by atoms with Gasteiger partial charge in [-0.2, -0.15) is 0 Å². The summed E-state index contributed by atoms with van der Waals surface area (Å²) in [5, 5.41) is 40.3. The first-order valence-corrected chi connectivity index (χ1v) is 11.5. The average Bonchev–Trinajstić information content (AvgIpc) is 2.79. The van der Waals surface area contributed by atoms with Gasteiger partial charge >= 0.3 is 0 Å². The lowest BCUT2D eigenvalue weighted by Gasteiger charge is -2.39. The minimum atomic E-state index is -1.48. The van der Waals surface area contributed by atoms with E-state index in [1.165, 1.54) is 0 Å². The van der Waals surface area contributed by atoms with Gasteiger partial charge in [0.2, 0.25) is 0 Å². The molecule has 0 bridgehead atoms. The summed E-state index contributed by atoms with van der Waals surface area (Å²) >= 11 is 5.90. The van der Waals surface area contributed by atoms with Crippen molar-refractivity contribution in [1.29, 1.82) is 0 Å². The van der Waals surface area contributed by atoms with Crippen LogP contribution in [0.2, 0.25) is 5.15 Å². The van der Waals surface area contributed by atoms with Crippen molar-refractivity contribution in [2.24, 2.45) is 0 Å². The number of unbranched alkanes of at least 4 members (excludes halogenated alkanes) is 5. The fraction of sp³-hybridized carbons (Fsp3) is 0.609. The van der Waals surface area contributed by atoms with Crippen LogP contribution in [0.4, 0.5) is 0 Å². The van der Waals surface area contributed by atoms with Gasteiger partial charge in [0.1, 0.15) is 35.3 Å². The molecule has 1 fully saturated rings. The molecule has 0 aliphatic carbocycles. The number of halogens is 1. The molecular weight excluding hydrogens is 438 g/mol. The molecule has 0 amide bonds. The molecule has 5 atom stereocenters. The predicted octanol–water partition coefficient (Wildman–Crippen LogP) is 2.42. The van der Waals surface area contributed by atoms with Gasteiger partial charge in [0.15, 0.2) is 6.29 Å². The summed E-state index contributed by atoms with van der Waals surface area (Å²) in [4.78, 5) is 4.26. The van der Waals surface area contributed by atoms with Gasteiger partial charge in [-0.1, -0.05) is 37.3 Å². The summed E-state index contributed by atoms with van der Waals surface area (Å²) in [6, 6.07) is 9.47. The Labute approximate surface area is 192 Å². The lowest BCUT2D eigenvalue weighted by molar-refractivity contribution is -0.294. The number of pyridine rings is 1. The number of hydrogen-bond donors (Lipinski definition) is 4. The van der Waals surface area contributed by atoms with E-state index in [4.69, 9.17) is 25.8 Å². The van der Waals surface area contributed by atoms with Crippen LogP contribution < -0.4 is 4.74 Å². The van der Waals surface area contributed by atoms with E-state index < -0.39 is 37.3 Å². The van der Waals surface area contributed by atoms with Crippen molar-refractivity contribution < 1.29 is 34.6 Å². The third-order valence-corrected chi connectivity index (χ3v) is 5.80. The summed E-state index contributed by atoms with van der Waals surface area (Å²) in [5.74, 6) is 0.824. The summed E-state index contributed by atoms with van der Waals surface area (Å²) in [7, 11) is 0. The number of benzene rings is 1. The van der Waals surface area contributed by atoms with Crippen LogP contribution in [0.15, 0.2) is 30.3 Å². The molecule has 9 heteroatoms. The molecule has 1 saturated heterocycles. The Hall–Kier alpha value is -1.52. The number of aliphatic hydroxyl groups excluding tert-OH is 4. The molecule has 1 aromatic carbocycles. The predicted molar refractivity (Wildman–Crippen MR) is 120 cm³/mol. The Bertz CT molecular complexity index is 839. The topological polar surface area (TPSA) is 122 Å².